The maximum absolute atomic E-state index is 9.20. The average molecular weight is 262 g/mol. The third-order valence-corrected chi connectivity index (χ3v) is 4.26. The summed E-state index contributed by atoms with van der Waals surface area (Å²) < 4.78 is 0. The minimum Gasteiger partial charge on any atom is -0.396 e. The summed E-state index contributed by atoms with van der Waals surface area (Å²) in [6, 6.07) is 7.05. The van der Waals surface area contributed by atoms with Crippen LogP contribution >= 0.6 is 0 Å². The monoisotopic (exact) mass is 262 g/mol. The van der Waals surface area contributed by atoms with Crippen LogP contribution in [0.2, 0.25) is 0 Å². The Kier molecular flexibility index (Phi) is 4.83. The van der Waals surface area contributed by atoms with Gasteiger partial charge < -0.3 is 10.0 Å². The number of likely N-dealkylation sites (N-methyl/N-ethyl adjacent to an activating group) is 1. The Bertz CT molecular complexity index is 419. The van der Waals surface area contributed by atoms with Crippen LogP contribution in [0.15, 0.2) is 18.2 Å². The van der Waals surface area contributed by atoms with E-state index < -0.39 is 0 Å². The molecular weight excluding hydrogens is 236 g/mol. The highest BCUT2D eigenvalue weighted by Gasteiger charge is 2.25. The number of aryl methyl sites for hydroxylation is 2. The lowest BCUT2D eigenvalue weighted by Crippen LogP contribution is -2.52. The molecule has 1 aromatic carbocycles. The van der Waals surface area contributed by atoms with Gasteiger partial charge in [0.2, 0.25) is 0 Å². The molecule has 1 atom stereocenters. The van der Waals surface area contributed by atoms with Crippen LogP contribution in [-0.2, 0) is 6.42 Å². The first kappa shape index (κ1) is 14.4. The molecule has 1 aliphatic heterocycles. The summed E-state index contributed by atoms with van der Waals surface area (Å²) in [5.41, 5.74) is 4.22. The molecule has 3 nitrogen and oxygen atoms in total. The zero-order valence-electron chi connectivity index (χ0n) is 12.4. The lowest BCUT2D eigenvalue weighted by molar-refractivity contribution is 0.171. The van der Waals surface area contributed by atoms with Gasteiger partial charge in [-0.15, -0.1) is 0 Å². The van der Waals surface area contributed by atoms with Crippen LogP contribution in [0.25, 0.3) is 0 Å². The van der Waals surface area contributed by atoms with Gasteiger partial charge >= 0.3 is 0 Å². The van der Waals surface area contributed by atoms with E-state index in [-0.39, 0.29) is 6.61 Å². The fourth-order valence-corrected chi connectivity index (χ4v) is 3.07. The number of benzene rings is 1. The van der Waals surface area contributed by atoms with Crippen LogP contribution in [-0.4, -0.2) is 49.3 Å². The first-order valence-corrected chi connectivity index (χ1v) is 7.32. The van der Waals surface area contributed by atoms with E-state index in [0.29, 0.717) is 6.04 Å². The molecule has 0 spiro atoms. The van der Waals surface area contributed by atoms with Crippen molar-refractivity contribution >= 4 is 5.69 Å². The summed E-state index contributed by atoms with van der Waals surface area (Å²) in [6.45, 7) is 7.87. The number of aliphatic hydroxyl groups is 1. The van der Waals surface area contributed by atoms with Gasteiger partial charge in [0.05, 0.1) is 0 Å². The smallest absolute Gasteiger partial charge is 0.0446 e. The molecule has 1 aliphatic rings. The van der Waals surface area contributed by atoms with E-state index in [1.54, 1.807) is 0 Å². The second-order valence-electron chi connectivity index (χ2n) is 5.53. The summed E-state index contributed by atoms with van der Waals surface area (Å²) in [6.07, 6.45) is 1.94. The second-order valence-corrected chi connectivity index (χ2v) is 5.53. The number of hydrogen-bond acceptors (Lipinski definition) is 3. The molecule has 1 aromatic rings. The van der Waals surface area contributed by atoms with Crippen LogP contribution in [0, 0.1) is 6.92 Å². The topological polar surface area (TPSA) is 26.7 Å². The predicted octanol–water partition coefficient (Wildman–Crippen LogP) is 2.06. The number of piperazine rings is 1. The van der Waals surface area contributed by atoms with E-state index in [0.717, 1.165) is 32.5 Å². The summed E-state index contributed by atoms with van der Waals surface area (Å²) in [4.78, 5) is 4.88. The van der Waals surface area contributed by atoms with Crippen LogP contribution in [0.4, 0.5) is 5.69 Å². The van der Waals surface area contributed by atoms with Gasteiger partial charge in [-0.05, 0) is 37.9 Å². The fourth-order valence-electron chi connectivity index (χ4n) is 3.07. The molecule has 0 bridgehead atoms. The molecule has 1 fully saturated rings. The summed E-state index contributed by atoms with van der Waals surface area (Å²) in [5.74, 6) is 0. The van der Waals surface area contributed by atoms with Crippen molar-refractivity contribution in [2.75, 3.05) is 38.2 Å². The first-order valence-electron chi connectivity index (χ1n) is 7.32. The van der Waals surface area contributed by atoms with E-state index in [4.69, 9.17) is 0 Å². The van der Waals surface area contributed by atoms with E-state index in [1.165, 1.54) is 16.8 Å². The first-order chi connectivity index (χ1) is 9.17. The minimum absolute atomic E-state index is 0.275. The van der Waals surface area contributed by atoms with Crippen molar-refractivity contribution in [3.63, 3.8) is 0 Å². The van der Waals surface area contributed by atoms with Gasteiger partial charge in [-0.2, -0.15) is 0 Å². The van der Waals surface area contributed by atoms with Crippen LogP contribution in [0.5, 0.6) is 0 Å². The Labute approximate surface area is 116 Å². The van der Waals surface area contributed by atoms with E-state index in [1.807, 2.05) is 0 Å². The molecule has 2 rings (SSSR count). The molecule has 106 valence electrons. The lowest BCUT2D eigenvalue weighted by Gasteiger charge is -2.41. The molecule has 1 unspecified atom stereocenters. The van der Waals surface area contributed by atoms with Crippen molar-refractivity contribution < 1.29 is 5.11 Å². The molecule has 0 amide bonds. The van der Waals surface area contributed by atoms with Crippen molar-refractivity contribution in [2.45, 2.75) is 32.7 Å². The Balaban J connectivity index is 2.22. The predicted molar refractivity (Wildman–Crippen MR) is 80.9 cm³/mol. The third kappa shape index (κ3) is 3.10. The van der Waals surface area contributed by atoms with Crippen molar-refractivity contribution in [1.82, 2.24) is 4.90 Å². The van der Waals surface area contributed by atoms with Gasteiger partial charge in [0, 0.05) is 38.0 Å². The highest BCUT2D eigenvalue weighted by Crippen LogP contribution is 2.28. The maximum atomic E-state index is 9.20. The fraction of sp³-hybridized carbons (Fsp3) is 0.625. The summed E-state index contributed by atoms with van der Waals surface area (Å²) in [5, 5.41) is 9.20. The van der Waals surface area contributed by atoms with Gasteiger partial charge in [0.15, 0.2) is 0 Å². The number of rotatable bonds is 4. The van der Waals surface area contributed by atoms with Gasteiger partial charge in [0.1, 0.15) is 0 Å². The van der Waals surface area contributed by atoms with E-state index in [9.17, 15) is 5.11 Å². The number of nitrogens with zero attached hydrogens (tertiary/aromatic N) is 2. The largest absolute Gasteiger partial charge is 0.396 e. The van der Waals surface area contributed by atoms with Gasteiger partial charge in [-0.25, -0.2) is 0 Å². The molecule has 0 saturated carbocycles. The maximum Gasteiger partial charge on any atom is 0.0446 e. The minimum atomic E-state index is 0.275. The van der Waals surface area contributed by atoms with Crippen molar-refractivity contribution in [3.05, 3.63) is 29.3 Å². The van der Waals surface area contributed by atoms with E-state index in [2.05, 4.69) is 48.9 Å². The van der Waals surface area contributed by atoms with Crippen molar-refractivity contribution in [2.24, 2.45) is 0 Å². The molecule has 1 saturated heterocycles. The standard InChI is InChI=1S/C16H26N2O/c1-4-14-7-5-6-13(2)16(14)18-10-9-17(3)15(12-18)8-11-19/h5-7,15,19H,4,8-12H2,1-3H3. The third-order valence-electron chi connectivity index (χ3n) is 4.26. The van der Waals surface area contributed by atoms with Crippen molar-refractivity contribution in [1.29, 1.82) is 0 Å². The number of anilines is 1. The molecule has 0 aromatic heterocycles. The Morgan fingerprint density at radius 2 is 2.11 bits per heavy atom. The highest BCUT2D eigenvalue weighted by molar-refractivity contribution is 5.59. The molecule has 1 N–H and O–H groups in total. The van der Waals surface area contributed by atoms with Gasteiger partial charge in [-0.1, -0.05) is 25.1 Å². The Morgan fingerprint density at radius 1 is 1.32 bits per heavy atom. The van der Waals surface area contributed by atoms with Gasteiger partial charge in [-0.3, -0.25) is 4.90 Å². The van der Waals surface area contributed by atoms with Crippen LogP contribution in [0.1, 0.15) is 24.5 Å². The summed E-state index contributed by atoms with van der Waals surface area (Å²) in [7, 11) is 2.16. The molecule has 0 radical (unpaired) electrons. The number of hydrogen-bond donors (Lipinski definition) is 1. The SMILES string of the molecule is CCc1cccc(C)c1N1CCN(C)C(CCO)C1. The molecule has 0 aliphatic carbocycles. The second kappa shape index (κ2) is 6.40. The van der Waals surface area contributed by atoms with Gasteiger partial charge in [0.25, 0.3) is 0 Å². The molecule has 3 heteroatoms. The molecule has 19 heavy (non-hydrogen) atoms. The Morgan fingerprint density at radius 3 is 2.79 bits per heavy atom. The highest BCUT2D eigenvalue weighted by atomic mass is 16.3. The normalized spacial score (nSPS) is 20.8. The molecule has 1 heterocycles. The average Bonchev–Trinajstić information content (AvgIpc) is 2.41. The number of para-hydroxylation sites is 1. The van der Waals surface area contributed by atoms with Crippen LogP contribution in [0.3, 0.4) is 0 Å². The Hall–Kier alpha value is -1.06. The molecular formula is C16H26N2O. The van der Waals surface area contributed by atoms with Crippen LogP contribution < -0.4 is 4.90 Å². The zero-order valence-corrected chi connectivity index (χ0v) is 12.4. The quantitative estimate of drug-likeness (QED) is 0.900. The zero-order chi connectivity index (χ0) is 13.8. The number of aliphatic hydroxyl groups excluding tert-OH is 1. The van der Waals surface area contributed by atoms with Crippen molar-refractivity contribution in [3.8, 4) is 0 Å². The van der Waals surface area contributed by atoms with E-state index >= 15 is 0 Å². The lowest BCUT2D eigenvalue weighted by atomic mass is 10.0. The summed E-state index contributed by atoms with van der Waals surface area (Å²) >= 11 is 0.